The fourth-order valence-corrected chi connectivity index (χ4v) is 6.11. The Morgan fingerprint density at radius 1 is 1.35 bits per heavy atom. The van der Waals surface area contributed by atoms with E-state index in [4.69, 9.17) is 19.9 Å². The number of oxime groups is 1. The predicted octanol–water partition coefficient (Wildman–Crippen LogP) is 0.950. The average Bonchev–Trinajstić information content (AvgIpc) is 3.58. The monoisotopic (exact) mass is 551 g/mol. The Kier molecular flexibility index (Phi) is 8.14. The van der Waals surface area contributed by atoms with Crippen molar-refractivity contribution in [2.24, 2.45) is 11.1 Å². The number of methoxy groups -OCH3 is 1. The van der Waals surface area contributed by atoms with Crippen molar-refractivity contribution < 1.29 is 38.6 Å². The van der Waals surface area contributed by atoms with Crippen LogP contribution in [0.4, 0.5) is 5.13 Å². The number of carbonyl (C=O) groups excluding carboxylic acids is 4. The van der Waals surface area contributed by atoms with Gasteiger partial charge in [-0.2, -0.15) is 0 Å². The van der Waals surface area contributed by atoms with Crippen molar-refractivity contribution >= 4 is 57.7 Å². The van der Waals surface area contributed by atoms with E-state index < -0.39 is 47.4 Å². The molecule has 1 saturated carbocycles. The Morgan fingerprint density at radius 2 is 2.08 bits per heavy atom. The van der Waals surface area contributed by atoms with Crippen LogP contribution < -0.4 is 11.1 Å². The number of ether oxygens (including phenoxy) is 3. The summed E-state index contributed by atoms with van der Waals surface area (Å²) in [7, 11) is 1.22. The first kappa shape index (κ1) is 26.6. The van der Waals surface area contributed by atoms with E-state index in [0.29, 0.717) is 18.4 Å². The number of rotatable bonds is 9. The van der Waals surface area contributed by atoms with Gasteiger partial charge in [0.05, 0.1) is 5.92 Å². The van der Waals surface area contributed by atoms with Crippen molar-refractivity contribution in [3.63, 3.8) is 0 Å². The minimum Gasteiger partial charge on any atom is -0.410 e. The molecule has 0 bridgehead atoms. The minimum atomic E-state index is -1.59. The van der Waals surface area contributed by atoms with Crippen molar-refractivity contribution in [1.29, 1.82) is 0 Å². The molecule has 13 nitrogen and oxygen atoms in total. The lowest BCUT2D eigenvalue weighted by Crippen LogP contribution is -2.71. The van der Waals surface area contributed by atoms with Gasteiger partial charge in [0, 0.05) is 18.2 Å². The molecule has 0 radical (unpaired) electrons. The maximum absolute atomic E-state index is 13.1. The number of β-lactam (4-membered cyclic amide) rings is 1. The summed E-state index contributed by atoms with van der Waals surface area (Å²) in [6, 6.07) is -1.02. The molecule has 3 atom stereocenters. The summed E-state index contributed by atoms with van der Waals surface area (Å²) in [5.41, 5.74) is 5.56. The summed E-state index contributed by atoms with van der Waals surface area (Å²) in [5, 5.41) is 15.8. The molecule has 2 aliphatic heterocycles. The molecule has 1 saturated heterocycles. The zero-order valence-corrected chi connectivity index (χ0v) is 21.4. The molecule has 37 heavy (non-hydrogen) atoms. The third-order valence-electron chi connectivity index (χ3n) is 6.10. The maximum Gasteiger partial charge on any atom is 0.365 e. The van der Waals surface area contributed by atoms with Gasteiger partial charge in [-0.15, -0.1) is 23.1 Å². The van der Waals surface area contributed by atoms with Gasteiger partial charge in [0.1, 0.15) is 22.8 Å². The molecule has 198 valence electrons. The maximum atomic E-state index is 13.1. The van der Waals surface area contributed by atoms with Gasteiger partial charge in [-0.1, -0.05) is 30.7 Å². The average molecular weight is 552 g/mol. The summed E-state index contributed by atoms with van der Waals surface area (Å²) in [5.74, 6) is -2.88. The van der Waals surface area contributed by atoms with Gasteiger partial charge in [0.25, 0.3) is 11.8 Å². The molecule has 4 N–H and O–H groups in total. The molecule has 4 rings (SSSR count). The first-order chi connectivity index (χ1) is 17.8. The van der Waals surface area contributed by atoms with E-state index in [-0.39, 0.29) is 28.2 Å². The molecule has 1 aliphatic carbocycles. The Hall–Kier alpha value is -3.43. The van der Waals surface area contributed by atoms with Gasteiger partial charge >= 0.3 is 18.4 Å². The molecule has 3 heterocycles. The van der Waals surface area contributed by atoms with Crippen LogP contribution in [-0.2, 0) is 33.4 Å². The van der Waals surface area contributed by atoms with Crippen molar-refractivity contribution in [3.8, 4) is 0 Å². The van der Waals surface area contributed by atoms with Crippen LogP contribution in [0.1, 0.15) is 31.4 Å². The Labute approximate surface area is 219 Å². The van der Waals surface area contributed by atoms with Crippen LogP contribution in [0.2, 0.25) is 0 Å². The second-order valence-electron chi connectivity index (χ2n) is 8.31. The number of esters is 2. The van der Waals surface area contributed by atoms with Crippen LogP contribution in [0.15, 0.2) is 34.5 Å². The number of thiazole rings is 1. The van der Waals surface area contributed by atoms with E-state index >= 15 is 0 Å². The van der Waals surface area contributed by atoms with E-state index in [9.17, 15) is 24.4 Å². The van der Waals surface area contributed by atoms with Gasteiger partial charge in [0.15, 0.2) is 10.8 Å². The molecule has 0 aromatic carbocycles. The lowest BCUT2D eigenvalue weighted by Gasteiger charge is -2.49. The standard InChI is InChI=1S/C22H25N5O8S2/c1-3-10-8-36-18-14(25-16(28)13(26-32)12-9-37-21(23)24-12)17(29)27(18)15(10)20(31)35-22(33-2)34-19(30)11-6-4-5-7-11/h3,9,11,14,18,22,32H,1,4-8H2,2H3,(H2,23,24)(H,25,28)/t14?,18-,22?/m1/s1. The van der Waals surface area contributed by atoms with Crippen molar-refractivity contribution in [2.75, 3.05) is 18.6 Å². The van der Waals surface area contributed by atoms with Gasteiger partial charge in [-0.05, 0) is 18.4 Å². The number of fused-ring (bicyclic) bond motifs is 1. The van der Waals surface area contributed by atoms with E-state index in [0.717, 1.165) is 24.2 Å². The summed E-state index contributed by atoms with van der Waals surface area (Å²) in [6.07, 6.45) is 4.66. The molecule has 2 amide bonds. The van der Waals surface area contributed by atoms with Crippen LogP contribution in [0.25, 0.3) is 0 Å². The number of carbonyl (C=O) groups is 4. The van der Waals surface area contributed by atoms with Crippen LogP contribution >= 0.6 is 23.1 Å². The zero-order chi connectivity index (χ0) is 26.7. The van der Waals surface area contributed by atoms with Crippen LogP contribution in [-0.4, -0.2) is 75.3 Å². The molecule has 3 aliphatic rings. The van der Waals surface area contributed by atoms with E-state index in [1.54, 1.807) is 0 Å². The predicted molar refractivity (Wildman–Crippen MR) is 132 cm³/mol. The lowest BCUT2D eigenvalue weighted by molar-refractivity contribution is -0.258. The molecule has 2 fully saturated rings. The number of nitrogens with one attached hydrogen (secondary N) is 1. The van der Waals surface area contributed by atoms with Gasteiger partial charge in [-0.3, -0.25) is 19.3 Å². The van der Waals surface area contributed by atoms with E-state index in [1.165, 1.54) is 35.2 Å². The fraction of sp³-hybridized carbons (Fsp3) is 0.455. The van der Waals surface area contributed by atoms with Crippen molar-refractivity contribution in [1.82, 2.24) is 15.2 Å². The molecule has 1 aromatic rings. The highest BCUT2D eigenvalue weighted by molar-refractivity contribution is 8.00. The second kappa shape index (κ2) is 11.3. The number of nitrogens with two attached hydrogens (primary N) is 1. The van der Waals surface area contributed by atoms with E-state index in [1.807, 2.05) is 0 Å². The summed E-state index contributed by atoms with van der Waals surface area (Å²) >= 11 is 2.35. The summed E-state index contributed by atoms with van der Waals surface area (Å²) < 4.78 is 15.5. The third kappa shape index (κ3) is 5.33. The highest BCUT2D eigenvalue weighted by Crippen LogP contribution is 2.41. The Bertz CT molecular complexity index is 1180. The quantitative estimate of drug-likeness (QED) is 0.0992. The summed E-state index contributed by atoms with van der Waals surface area (Å²) in [4.78, 5) is 56.2. The summed E-state index contributed by atoms with van der Waals surface area (Å²) in [6.45, 7) is 2.11. The zero-order valence-electron chi connectivity index (χ0n) is 19.7. The number of aromatic nitrogens is 1. The second-order valence-corrected chi connectivity index (χ2v) is 10.3. The van der Waals surface area contributed by atoms with Crippen molar-refractivity contribution in [3.05, 3.63) is 35.0 Å². The first-order valence-corrected chi connectivity index (χ1v) is 13.2. The van der Waals surface area contributed by atoms with Gasteiger partial charge in [-0.25, -0.2) is 9.78 Å². The number of nitrogen functional groups attached to an aromatic ring is 1. The smallest absolute Gasteiger partial charge is 0.365 e. The number of allylic oxidation sites excluding steroid dienone is 1. The van der Waals surface area contributed by atoms with Gasteiger partial charge < -0.3 is 30.5 Å². The van der Waals surface area contributed by atoms with Crippen LogP contribution in [0, 0.1) is 5.92 Å². The molecular formula is C22H25N5O8S2. The van der Waals surface area contributed by atoms with E-state index in [2.05, 4.69) is 22.0 Å². The normalized spacial score (nSPS) is 22.7. The van der Waals surface area contributed by atoms with Gasteiger partial charge in [0.2, 0.25) is 0 Å². The minimum absolute atomic E-state index is 0.0540. The number of hydrogen-bond donors (Lipinski definition) is 3. The number of amides is 2. The van der Waals surface area contributed by atoms with Crippen LogP contribution in [0.3, 0.4) is 0 Å². The Balaban J connectivity index is 1.44. The highest BCUT2D eigenvalue weighted by Gasteiger charge is 2.54. The Morgan fingerprint density at radius 3 is 2.68 bits per heavy atom. The number of anilines is 1. The third-order valence-corrected chi connectivity index (χ3v) is 8.08. The number of thioether (sulfide) groups is 1. The molecule has 2 unspecified atom stereocenters. The largest absolute Gasteiger partial charge is 0.410 e. The lowest BCUT2D eigenvalue weighted by atomic mass is 10.0. The SMILES string of the molecule is C=CC1=C(C(=O)OC(OC)OC(=O)C2CCCC2)N2C(=O)C(NC(=O)C(=NO)c3csc(N)n3)[C@H]2SC1. The first-order valence-electron chi connectivity index (χ1n) is 11.3. The molecule has 1 aromatic heterocycles. The fourth-order valence-electron chi connectivity index (χ4n) is 4.22. The molecule has 0 spiro atoms. The number of nitrogens with zero attached hydrogens (tertiary/aromatic N) is 3. The molecular weight excluding hydrogens is 526 g/mol. The highest BCUT2D eigenvalue weighted by atomic mass is 32.2. The molecule has 15 heteroatoms. The topological polar surface area (TPSA) is 183 Å². The van der Waals surface area contributed by atoms with Crippen LogP contribution in [0.5, 0.6) is 0 Å². The number of hydrogen-bond acceptors (Lipinski definition) is 13. The van der Waals surface area contributed by atoms with Crippen molar-refractivity contribution in [2.45, 2.75) is 43.6 Å².